The number of hydrogen-bond acceptors (Lipinski definition) is 5. The number of nitrogens with zero attached hydrogens (tertiary/aromatic N) is 1. The van der Waals surface area contributed by atoms with Gasteiger partial charge in [-0.25, -0.2) is 4.90 Å². The Bertz CT molecular complexity index is 784. The Morgan fingerprint density at radius 2 is 1.78 bits per heavy atom. The Balaban J connectivity index is 1.82. The SMILES string of the molecule is O=CC(OCC(Cl)Cl)Sc1cc(N2C(=O)C3=C(CCCC3)C2=O)ccc1Cl. The van der Waals surface area contributed by atoms with E-state index in [0.29, 0.717) is 45.9 Å². The number of imide groups is 1. The number of ether oxygens (including phenoxy) is 1. The lowest BCUT2D eigenvalue weighted by Crippen LogP contribution is -2.31. The largest absolute Gasteiger partial charge is 0.357 e. The Morgan fingerprint density at radius 1 is 1.15 bits per heavy atom. The van der Waals surface area contributed by atoms with Crippen molar-refractivity contribution in [3.05, 3.63) is 34.4 Å². The smallest absolute Gasteiger partial charge is 0.261 e. The van der Waals surface area contributed by atoms with Gasteiger partial charge in [0.05, 0.1) is 17.3 Å². The van der Waals surface area contributed by atoms with E-state index in [1.807, 2.05) is 0 Å². The van der Waals surface area contributed by atoms with Gasteiger partial charge in [-0.05, 0) is 43.9 Å². The van der Waals surface area contributed by atoms with E-state index >= 15 is 0 Å². The number of carbonyl (C=O) groups excluding carboxylic acids is 3. The van der Waals surface area contributed by atoms with Gasteiger partial charge in [-0.1, -0.05) is 23.4 Å². The van der Waals surface area contributed by atoms with Crippen molar-refractivity contribution in [2.45, 2.75) is 40.9 Å². The van der Waals surface area contributed by atoms with Gasteiger partial charge in [0.1, 0.15) is 4.84 Å². The number of rotatable bonds is 7. The molecule has 0 aromatic heterocycles. The van der Waals surface area contributed by atoms with Crippen LogP contribution in [0.4, 0.5) is 5.69 Å². The lowest BCUT2D eigenvalue weighted by atomic mass is 9.93. The first-order chi connectivity index (χ1) is 12.9. The van der Waals surface area contributed by atoms with Crippen LogP contribution in [0.15, 0.2) is 34.2 Å². The first-order valence-electron chi connectivity index (χ1n) is 8.34. The zero-order valence-electron chi connectivity index (χ0n) is 14.1. The molecule has 2 amide bonds. The maximum absolute atomic E-state index is 12.7. The number of hydrogen-bond donors (Lipinski definition) is 0. The topological polar surface area (TPSA) is 63.7 Å². The molecule has 5 nitrogen and oxygen atoms in total. The molecule has 1 aliphatic carbocycles. The number of alkyl halides is 2. The van der Waals surface area contributed by atoms with E-state index < -0.39 is 10.3 Å². The van der Waals surface area contributed by atoms with E-state index in [1.165, 1.54) is 4.90 Å². The van der Waals surface area contributed by atoms with Crippen LogP contribution in [0.1, 0.15) is 25.7 Å². The van der Waals surface area contributed by atoms with Gasteiger partial charge in [0, 0.05) is 16.0 Å². The number of anilines is 1. The Morgan fingerprint density at radius 3 is 2.33 bits per heavy atom. The second kappa shape index (κ2) is 8.97. The van der Waals surface area contributed by atoms with Gasteiger partial charge in [-0.3, -0.25) is 14.4 Å². The van der Waals surface area contributed by atoms with E-state index in [4.69, 9.17) is 39.5 Å². The minimum atomic E-state index is -0.867. The van der Waals surface area contributed by atoms with Crippen molar-refractivity contribution in [2.24, 2.45) is 0 Å². The van der Waals surface area contributed by atoms with Gasteiger partial charge in [0.2, 0.25) is 0 Å². The zero-order chi connectivity index (χ0) is 19.6. The molecule has 0 radical (unpaired) electrons. The summed E-state index contributed by atoms with van der Waals surface area (Å²) in [4.78, 5) is 37.6. The average molecular weight is 449 g/mol. The summed E-state index contributed by atoms with van der Waals surface area (Å²) in [7, 11) is 0. The lowest BCUT2D eigenvalue weighted by Gasteiger charge is -2.18. The number of amides is 2. The normalized spacial score (nSPS) is 18.3. The number of aldehydes is 1. The van der Waals surface area contributed by atoms with Crippen LogP contribution < -0.4 is 4.90 Å². The Labute approximate surface area is 176 Å². The summed E-state index contributed by atoms with van der Waals surface area (Å²) < 4.78 is 5.31. The predicted octanol–water partition coefficient (Wildman–Crippen LogP) is 4.52. The maximum Gasteiger partial charge on any atom is 0.261 e. The second-order valence-electron chi connectivity index (χ2n) is 6.07. The molecule has 1 aliphatic heterocycles. The molecule has 2 aliphatic rings. The van der Waals surface area contributed by atoms with Crippen molar-refractivity contribution in [3.63, 3.8) is 0 Å². The van der Waals surface area contributed by atoms with Gasteiger partial charge >= 0.3 is 0 Å². The van der Waals surface area contributed by atoms with Crippen LogP contribution in [0, 0.1) is 0 Å². The summed E-state index contributed by atoms with van der Waals surface area (Å²) in [5.74, 6) is -0.549. The number of carbonyl (C=O) groups is 3. The fourth-order valence-corrected chi connectivity index (χ4v) is 4.31. The van der Waals surface area contributed by atoms with Gasteiger partial charge in [-0.15, -0.1) is 23.2 Å². The molecule has 0 saturated heterocycles. The molecule has 9 heteroatoms. The molecule has 1 aromatic rings. The Hall–Kier alpha value is -1.05. The Kier molecular flexibility index (Phi) is 6.87. The molecular weight excluding hydrogens is 433 g/mol. The van der Waals surface area contributed by atoms with Gasteiger partial charge in [-0.2, -0.15) is 0 Å². The van der Waals surface area contributed by atoms with Crippen LogP contribution in [-0.2, 0) is 19.1 Å². The predicted molar refractivity (Wildman–Crippen MR) is 107 cm³/mol. The van der Waals surface area contributed by atoms with E-state index in [9.17, 15) is 14.4 Å². The van der Waals surface area contributed by atoms with E-state index in [0.717, 1.165) is 24.6 Å². The molecule has 27 heavy (non-hydrogen) atoms. The maximum atomic E-state index is 12.7. The summed E-state index contributed by atoms with van der Waals surface area (Å²) in [5, 5.41) is 0.379. The third-order valence-electron chi connectivity index (χ3n) is 4.30. The van der Waals surface area contributed by atoms with Crippen molar-refractivity contribution in [1.29, 1.82) is 0 Å². The second-order valence-corrected chi connectivity index (χ2v) is 8.90. The van der Waals surface area contributed by atoms with Crippen LogP contribution in [0.3, 0.4) is 0 Å². The summed E-state index contributed by atoms with van der Waals surface area (Å²) in [6.07, 6.45) is 3.69. The van der Waals surface area contributed by atoms with E-state index in [2.05, 4.69) is 0 Å². The molecule has 1 unspecified atom stereocenters. The highest BCUT2D eigenvalue weighted by molar-refractivity contribution is 8.00. The van der Waals surface area contributed by atoms with Crippen LogP contribution in [0.5, 0.6) is 0 Å². The van der Waals surface area contributed by atoms with Gasteiger partial charge < -0.3 is 4.74 Å². The summed E-state index contributed by atoms with van der Waals surface area (Å²) in [5.41, 5.74) is 0.775. The average Bonchev–Trinajstić information content (AvgIpc) is 2.91. The van der Waals surface area contributed by atoms with Crippen LogP contribution in [-0.4, -0.2) is 35.0 Å². The summed E-state index contributed by atoms with van der Waals surface area (Å²) in [6.45, 7) is -0.0173. The quantitative estimate of drug-likeness (QED) is 0.202. The lowest BCUT2D eigenvalue weighted by molar-refractivity contribution is -0.120. The minimum absolute atomic E-state index is 0.0173. The summed E-state index contributed by atoms with van der Waals surface area (Å²) in [6, 6.07) is 4.82. The molecule has 1 aromatic carbocycles. The number of thioether (sulfide) groups is 1. The standard InChI is InChI=1S/C18H16Cl3NO4S/c19-13-6-5-10(7-14(13)27-16(8-23)26-9-15(20)21)22-17(24)11-3-1-2-4-12(11)18(22)25/h5-8,15-16H,1-4,9H2. The molecule has 0 spiro atoms. The number of benzene rings is 1. The first-order valence-corrected chi connectivity index (χ1v) is 10.5. The van der Waals surface area contributed by atoms with Crippen molar-refractivity contribution in [1.82, 2.24) is 0 Å². The third kappa shape index (κ3) is 4.51. The van der Waals surface area contributed by atoms with Crippen molar-refractivity contribution < 1.29 is 19.1 Å². The minimum Gasteiger partial charge on any atom is -0.357 e. The first kappa shape index (κ1) is 20.7. The molecule has 0 fully saturated rings. The molecule has 3 rings (SSSR count). The molecular formula is C18H16Cl3NO4S. The third-order valence-corrected chi connectivity index (χ3v) is 6.07. The molecule has 1 atom stereocenters. The van der Waals surface area contributed by atoms with Crippen molar-refractivity contribution >= 4 is 70.4 Å². The van der Waals surface area contributed by atoms with E-state index in [1.54, 1.807) is 18.2 Å². The fraction of sp³-hybridized carbons (Fsp3) is 0.389. The van der Waals surface area contributed by atoms with Crippen LogP contribution >= 0.6 is 46.6 Å². The molecule has 0 N–H and O–H groups in total. The van der Waals surface area contributed by atoms with Gasteiger partial charge in [0.25, 0.3) is 11.8 Å². The molecule has 144 valence electrons. The number of halogens is 3. The van der Waals surface area contributed by atoms with Crippen molar-refractivity contribution in [2.75, 3.05) is 11.5 Å². The molecule has 0 saturated carbocycles. The summed E-state index contributed by atoms with van der Waals surface area (Å²) >= 11 is 18.5. The highest BCUT2D eigenvalue weighted by Gasteiger charge is 2.39. The van der Waals surface area contributed by atoms with Crippen LogP contribution in [0.2, 0.25) is 5.02 Å². The highest BCUT2D eigenvalue weighted by atomic mass is 35.5. The van der Waals surface area contributed by atoms with Gasteiger partial charge in [0.15, 0.2) is 11.7 Å². The molecule has 1 heterocycles. The van der Waals surface area contributed by atoms with E-state index in [-0.39, 0.29) is 18.4 Å². The monoisotopic (exact) mass is 447 g/mol. The zero-order valence-corrected chi connectivity index (χ0v) is 17.2. The van der Waals surface area contributed by atoms with Crippen LogP contribution in [0.25, 0.3) is 0 Å². The van der Waals surface area contributed by atoms with Crippen molar-refractivity contribution in [3.8, 4) is 0 Å². The fourth-order valence-electron chi connectivity index (χ4n) is 3.09. The highest BCUT2D eigenvalue weighted by Crippen LogP contribution is 2.39. The molecule has 0 bridgehead atoms.